The quantitative estimate of drug-likeness (QED) is 0.618. The smallest absolute Gasteiger partial charge is 0.256 e. The van der Waals surface area contributed by atoms with Crippen LogP contribution in [-0.2, 0) is 6.42 Å². The van der Waals surface area contributed by atoms with Gasteiger partial charge in [-0.1, -0.05) is 0 Å². The van der Waals surface area contributed by atoms with Gasteiger partial charge in [0.25, 0.3) is 5.91 Å². The summed E-state index contributed by atoms with van der Waals surface area (Å²) in [5.41, 5.74) is 0.0897. The third-order valence-electron chi connectivity index (χ3n) is 2.46. The highest BCUT2D eigenvalue weighted by atomic mass is 19.1. The predicted octanol–water partition coefficient (Wildman–Crippen LogP) is 1.59. The molecule has 1 aromatic carbocycles. The lowest BCUT2D eigenvalue weighted by Crippen LogP contribution is -2.35. The maximum Gasteiger partial charge on any atom is 0.256 e. The van der Waals surface area contributed by atoms with E-state index in [1.807, 2.05) is 0 Å². The van der Waals surface area contributed by atoms with Crippen molar-refractivity contribution in [2.45, 2.75) is 6.42 Å². The van der Waals surface area contributed by atoms with Gasteiger partial charge in [-0.2, -0.15) is 0 Å². The molecule has 0 bridgehead atoms. The lowest BCUT2D eigenvalue weighted by Gasteiger charge is -2.25. The van der Waals surface area contributed by atoms with Gasteiger partial charge >= 0.3 is 0 Å². The first-order valence-corrected chi connectivity index (χ1v) is 4.33. The molecule has 1 aromatic rings. The molecule has 0 saturated heterocycles. The summed E-state index contributed by atoms with van der Waals surface area (Å²) in [6.45, 7) is 0.437. The van der Waals surface area contributed by atoms with Crippen LogP contribution in [0.5, 0.6) is 0 Å². The molecule has 0 radical (unpaired) electrons. The third kappa shape index (κ3) is 1.18. The minimum Gasteiger partial charge on any atom is -0.341 e. The van der Waals surface area contributed by atoms with Crippen LogP contribution >= 0.6 is 0 Å². The summed E-state index contributed by atoms with van der Waals surface area (Å²) in [5, 5.41) is 0. The van der Waals surface area contributed by atoms with Crippen molar-refractivity contribution >= 4 is 5.91 Å². The van der Waals surface area contributed by atoms with Crippen molar-refractivity contribution < 1.29 is 13.6 Å². The Morgan fingerprint density at radius 3 is 2.64 bits per heavy atom. The summed E-state index contributed by atoms with van der Waals surface area (Å²) >= 11 is 0. The highest BCUT2D eigenvalue weighted by Crippen LogP contribution is 2.23. The molecule has 14 heavy (non-hydrogen) atoms. The van der Waals surface area contributed by atoms with Gasteiger partial charge in [-0.05, 0) is 18.6 Å². The minimum absolute atomic E-state index is 0.112. The summed E-state index contributed by atoms with van der Waals surface area (Å²) in [7, 11) is 1.58. The highest BCUT2D eigenvalue weighted by Gasteiger charge is 2.27. The number of likely N-dealkylation sites (N-methyl/N-ethyl adjacent to an activating group) is 1. The molecule has 2 rings (SSSR count). The maximum atomic E-state index is 13.3. The van der Waals surface area contributed by atoms with E-state index in [0.717, 1.165) is 12.1 Å². The molecular formula is C10H9F2NO. The van der Waals surface area contributed by atoms with Gasteiger partial charge in [0.05, 0.1) is 5.56 Å². The number of hydrogen-bond donors (Lipinski definition) is 0. The molecule has 1 aliphatic rings. The number of rotatable bonds is 0. The first-order chi connectivity index (χ1) is 6.61. The average molecular weight is 197 g/mol. The molecule has 0 unspecified atom stereocenters. The van der Waals surface area contributed by atoms with Crippen LogP contribution in [0.2, 0.25) is 0 Å². The van der Waals surface area contributed by atoms with Gasteiger partial charge in [0, 0.05) is 19.2 Å². The molecule has 0 atom stereocenters. The fourth-order valence-corrected chi connectivity index (χ4v) is 1.64. The molecular weight excluding hydrogens is 188 g/mol. The van der Waals surface area contributed by atoms with E-state index in [-0.39, 0.29) is 11.1 Å². The van der Waals surface area contributed by atoms with Gasteiger partial charge in [-0.15, -0.1) is 0 Å². The zero-order valence-corrected chi connectivity index (χ0v) is 7.68. The zero-order valence-electron chi connectivity index (χ0n) is 7.68. The van der Waals surface area contributed by atoms with E-state index in [2.05, 4.69) is 0 Å². The number of hydrogen-bond acceptors (Lipinski definition) is 1. The summed E-state index contributed by atoms with van der Waals surface area (Å²) < 4.78 is 26.5. The molecule has 4 heteroatoms. The van der Waals surface area contributed by atoms with Crippen LogP contribution in [0.25, 0.3) is 0 Å². The van der Waals surface area contributed by atoms with Crippen LogP contribution in [0.3, 0.4) is 0 Å². The van der Waals surface area contributed by atoms with E-state index in [1.54, 1.807) is 7.05 Å². The van der Waals surface area contributed by atoms with Crippen LogP contribution < -0.4 is 0 Å². The van der Waals surface area contributed by atoms with Gasteiger partial charge in [-0.25, -0.2) is 8.78 Å². The highest BCUT2D eigenvalue weighted by molar-refractivity contribution is 5.96. The lowest BCUT2D eigenvalue weighted by atomic mass is 9.98. The summed E-state index contributed by atoms with van der Waals surface area (Å²) in [4.78, 5) is 12.9. The zero-order chi connectivity index (χ0) is 10.3. The van der Waals surface area contributed by atoms with E-state index < -0.39 is 17.5 Å². The first kappa shape index (κ1) is 9.12. The van der Waals surface area contributed by atoms with E-state index in [1.165, 1.54) is 4.90 Å². The van der Waals surface area contributed by atoms with Gasteiger partial charge in [-0.3, -0.25) is 4.79 Å². The molecule has 0 aromatic heterocycles. The Balaban J connectivity index is 2.64. The number of nitrogens with zero attached hydrogens (tertiary/aromatic N) is 1. The number of amides is 1. The normalized spacial score (nSPS) is 15.6. The Morgan fingerprint density at radius 1 is 1.29 bits per heavy atom. The number of benzene rings is 1. The summed E-state index contributed by atoms with van der Waals surface area (Å²) in [6, 6.07) is 2.05. The van der Waals surface area contributed by atoms with Crippen molar-refractivity contribution in [2.24, 2.45) is 0 Å². The molecule has 1 amide bonds. The van der Waals surface area contributed by atoms with Crippen LogP contribution in [0.15, 0.2) is 12.1 Å². The second-order valence-electron chi connectivity index (χ2n) is 3.36. The second kappa shape index (κ2) is 3.04. The standard InChI is InChI=1S/C10H9F2NO/c1-13-5-4-6-7(11)2-3-8(12)9(6)10(13)14/h2-3H,4-5H2,1H3. The SMILES string of the molecule is CN1CCc2c(F)ccc(F)c2C1=O. The Morgan fingerprint density at radius 2 is 1.93 bits per heavy atom. The Labute approximate surface area is 80.1 Å². The molecule has 0 N–H and O–H groups in total. The van der Waals surface area contributed by atoms with Crippen molar-refractivity contribution in [1.29, 1.82) is 0 Å². The van der Waals surface area contributed by atoms with Gasteiger partial charge < -0.3 is 4.90 Å². The van der Waals surface area contributed by atoms with E-state index in [4.69, 9.17) is 0 Å². The van der Waals surface area contributed by atoms with Crippen LogP contribution in [0.4, 0.5) is 8.78 Å². The molecule has 0 aliphatic carbocycles. The average Bonchev–Trinajstić information content (AvgIpc) is 2.16. The Hall–Kier alpha value is -1.45. The van der Waals surface area contributed by atoms with Crippen molar-refractivity contribution in [3.8, 4) is 0 Å². The first-order valence-electron chi connectivity index (χ1n) is 4.33. The van der Waals surface area contributed by atoms with Gasteiger partial charge in [0.1, 0.15) is 11.6 Å². The van der Waals surface area contributed by atoms with Crippen LogP contribution in [-0.4, -0.2) is 24.4 Å². The molecule has 74 valence electrons. The van der Waals surface area contributed by atoms with Crippen molar-refractivity contribution in [3.05, 3.63) is 34.9 Å². The third-order valence-corrected chi connectivity index (χ3v) is 2.46. The van der Waals surface area contributed by atoms with Crippen LogP contribution in [0, 0.1) is 11.6 Å². The Bertz CT molecular complexity index is 403. The largest absolute Gasteiger partial charge is 0.341 e. The Kier molecular flexibility index (Phi) is 1.98. The van der Waals surface area contributed by atoms with Crippen molar-refractivity contribution in [2.75, 3.05) is 13.6 Å². The molecule has 0 spiro atoms. The fraction of sp³-hybridized carbons (Fsp3) is 0.300. The fourth-order valence-electron chi connectivity index (χ4n) is 1.64. The molecule has 2 nitrogen and oxygen atoms in total. The van der Waals surface area contributed by atoms with Crippen molar-refractivity contribution in [3.63, 3.8) is 0 Å². The number of fused-ring (bicyclic) bond motifs is 1. The number of carbonyl (C=O) groups is 1. The van der Waals surface area contributed by atoms with Crippen molar-refractivity contribution in [1.82, 2.24) is 4.90 Å². The molecule has 1 aliphatic heterocycles. The maximum absolute atomic E-state index is 13.3. The molecule has 1 heterocycles. The molecule has 0 fully saturated rings. The van der Waals surface area contributed by atoms with E-state index in [0.29, 0.717) is 13.0 Å². The molecule has 0 saturated carbocycles. The topological polar surface area (TPSA) is 20.3 Å². The van der Waals surface area contributed by atoms with Gasteiger partial charge in [0.2, 0.25) is 0 Å². The minimum atomic E-state index is -0.641. The second-order valence-corrected chi connectivity index (χ2v) is 3.36. The monoisotopic (exact) mass is 197 g/mol. The van der Waals surface area contributed by atoms with E-state index >= 15 is 0 Å². The summed E-state index contributed by atoms with van der Waals surface area (Å²) in [5.74, 6) is -1.58. The predicted molar refractivity (Wildman–Crippen MR) is 47.0 cm³/mol. The van der Waals surface area contributed by atoms with Crippen LogP contribution in [0.1, 0.15) is 15.9 Å². The van der Waals surface area contributed by atoms with Gasteiger partial charge in [0.15, 0.2) is 0 Å². The summed E-state index contributed by atoms with van der Waals surface area (Å²) in [6.07, 6.45) is 0.376. The number of halogens is 2. The number of carbonyl (C=O) groups excluding carboxylic acids is 1. The van der Waals surface area contributed by atoms with E-state index in [9.17, 15) is 13.6 Å². The lowest BCUT2D eigenvalue weighted by molar-refractivity contribution is 0.0773.